The molecule has 3 N–H and O–H groups in total. The highest BCUT2D eigenvalue weighted by Crippen LogP contribution is 2.24. The topological polar surface area (TPSA) is 107 Å². The molecule has 0 fully saturated rings. The number of thioether (sulfide) groups is 1. The molecule has 2 heterocycles. The number of aromatic nitrogens is 3. The van der Waals surface area contributed by atoms with E-state index in [1.165, 1.54) is 11.8 Å². The van der Waals surface area contributed by atoms with Crippen molar-refractivity contribution < 1.29 is 9.32 Å². The molecule has 7 nitrogen and oxygen atoms in total. The van der Waals surface area contributed by atoms with Crippen molar-refractivity contribution in [2.75, 3.05) is 11.1 Å². The Hall–Kier alpha value is -2.09. The first-order chi connectivity index (χ1) is 9.97. The lowest BCUT2D eigenvalue weighted by Gasteiger charge is -2.12. The van der Waals surface area contributed by atoms with Crippen LogP contribution in [0.5, 0.6) is 0 Å². The number of carbonyl (C=O) groups is 1. The molecule has 8 heteroatoms. The lowest BCUT2D eigenvalue weighted by molar-refractivity contribution is -0.115. The van der Waals surface area contributed by atoms with Crippen LogP contribution in [0.1, 0.15) is 24.8 Å². The number of nitrogens with two attached hydrogens (primary N) is 1. The number of amides is 1. The minimum atomic E-state index is -0.330. The Morgan fingerprint density at radius 3 is 2.76 bits per heavy atom. The fourth-order valence-electron chi connectivity index (χ4n) is 1.70. The summed E-state index contributed by atoms with van der Waals surface area (Å²) in [4.78, 5) is 20.6. The van der Waals surface area contributed by atoms with Crippen LogP contribution in [-0.4, -0.2) is 26.3 Å². The second-order valence-electron chi connectivity index (χ2n) is 4.54. The van der Waals surface area contributed by atoms with Gasteiger partial charge in [-0.1, -0.05) is 23.8 Å². The van der Waals surface area contributed by atoms with Crippen molar-refractivity contribution in [2.24, 2.45) is 0 Å². The number of anilines is 2. The fraction of sp³-hybridized carbons (Fsp3) is 0.385. The van der Waals surface area contributed by atoms with E-state index in [0.29, 0.717) is 29.0 Å². The van der Waals surface area contributed by atoms with E-state index >= 15 is 0 Å². The Morgan fingerprint density at radius 2 is 2.19 bits per heavy atom. The fourth-order valence-corrected chi connectivity index (χ4v) is 2.64. The number of aryl methyl sites for hydroxylation is 2. The highest BCUT2D eigenvalue weighted by Gasteiger charge is 2.20. The standard InChI is InChI=1S/C13H17N5O2S/c1-4-9(12(19)17-11-6-8(3)20-18-11)21-13-15-7(2)5-10(14)16-13/h5-6,9H,4H2,1-3H3,(H2,14,15,16)(H,17,18,19)/t9-/m1/s1. The van der Waals surface area contributed by atoms with E-state index in [9.17, 15) is 4.79 Å². The number of nitrogens with one attached hydrogen (secondary N) is 1. The SMILES string of the molecule is CC[C@@H](Sc1nc(C)cc(N)n1)C(=O)Nc1cc(C)on1. The van der Waals surface area contributed by atoms with E-state index in [1.807, 2.05) is 13.8 Å². The molecular formula is C13H17N5O2S. The van der Waals surface area contributed by atoms with Gasteiger partial charge in [-0.3, -0.25) is 4.79 Å². The molecule has 2 aromatic rings. The van der Waals surface area contributed by atoms with Crippen molar-refractivity contribution in [3.8, 4) is 0 Å². The molecule has 2 rings (SSSR count). The summed E-state index contributed by atoms with van der Waals surface area (Å²) in [6, 6.07) is 3.35. The zero-order valence-corrected chi connectivity index (χ0v) is 12.9. The quantitative estimate of drug-likeness (QED) is 0.644. The van der Waals surface area contributed by atoms with Gasteiger partial charge in [0, 0.05) is 17.8 Å². The van der Waals surface area contributed by atoms with Crippen molar-refractivity contribution >= 4 is 29.3 Å². The lowest BCUT2D eigenvalue weighted by Crippen LogP contribution is -2.25. The van der Waals surface area contributed by atoms with Gasteiger partial charge >= 0.3 is 0 Å². The number of nitrogen functional groups attached to an aromatic ring is 1. The third-order valence-electron chi connectivity index (χ3n) is 2.64. The number of nitrogens with zero attached hydrogens (tertiary/aromatic N) is 3. The predicted molar refractivity (Wildman–Crippen MR) is 81.0 cm³/mol. The third kappa shape index (κ3) is 4.19. The van der Waals surface area contributed by atoms with E-state index < -0.39 is 0 Å². The maximum absolute atomic E-state index is 12.2. The third-order valence-corrected chi connectivity index (χ3v) is 3.87. The zero-order valence-electron chi connectivity index (χ0n) is 12.1. The number of hydrogen-bond acceptors (Lipinski definition) is 7. The molecule has 0 aromatic carbocycles. The molecule has 0 aliphatic heterocycles. The van der Waals surface area contributed by atoms with Crippen molar-refractivity contribution in [3.63, 3.8) is 0 Å². The van der Waals surface area contributed by atoms with Crippen molar-refractivity contribution in [2.45, 2.75) is 37.6 Å². The number of hydrogen-bond donors (Lipinski definition) is 2. The van der Waals surface area contributed by atoms with Gasteiger partial charge in [0.25, 0.3) is 0 Å². The van der Waals surface area contributed by atoms with E-state index in [2.05, 4.69) is 20.4 Å². The van der Waals surface area contributed by atoms with E-state index in [-0.39, 0.29) is 11.2 Å². The van der Waals surface area contributed by atoms with Gasteiger partial charge in [0.1, 0.15) is 11.6 Å². The Labute approximate surface area is 126 Å². The van der Waals surface area contributed by atoms with Gasteiger partial charge in [-0.05, 0) is 20.3 Å². The molecular weight excluding hydrogens is 290 g/mol. The van der Waals surface area contributed by atoms with Crippen molar-refractivity contribution in [3.05, 3.63) is 23.6 Å². The average Bonchev–Trinajstić information content (AvgIpc) is 2.80. The average molecular weight is 307 g/mol. The Balaban J connectivity index is 2.06. The van der Waals surface area contributed by atoms with Crippen molar-refractivity contribution in [1.82, 2.24) is 15.1 Å². The van der Waals surface area contributed by atoms with Gasteiger partial charge in [0.05, 0.1) is 5.25 Å². The van der Waals surface area contributed by atoms with Crippen LogP contribution in [0.4, 0.5) is 11.6 Å². The molecule has 0 unspecified atom stereocenters. The van der Waals surface area contributed by atoms with Crippen LogP contribution in [0.15, 0.2) is 21.8 Å². The summed E-state index contributed by atoms with van der Waals surface area (Å²) >= 11 is 1.28. The zero-order chi connectivity index (χ0) is 15.4. The molecule has 0 aliphatic carbocycles. The van der Waals surface area contributed by atoms with Crippen LogP contribution < -0.4 is 11.1 Å². The summed E-state index contributed by atoms with van der Waals surface area (Å²) in [5.74, 6) is 1.27. The summed E-state index contributed by atoms with van der Waals surface area (Å²) in [5.41, 5.74) is 6.46. The summed E-state index contributed by atoms with van der Waals surface area (Å²) < 4.78 is 4.92. The van der Waals surface area contributed by atoms with Crippen LogP contribution in [0.2, 0.25) is 0 Å². The van der Waals surface area contributed by atoms with Gasteiger partial charge in [-0.15, -0.1) is 0 Å². The molecule has 21 heavy (non-hydrogen) atoms. The molecule has 0 saturated heterocycles. The lowest BCUT2D eigenvalue weighted by atomic mass is 10.3. The molecule has 0 saturated carbocycles. The molecule has 112 valence electrons. The van der Waals surface area contributed by atoms with E-state index in [1.54, 1.807) is 19.1 Å². The van der Waals surface area contributed by atoms with Crippen LogP contribution >= 0.6 is 11.8 Å². The first-order valence-electron chi connectivity index (χ1n) is 6.50. The molecule has 0 aliphatic rings. The van der Waals surface area contributed by atoms with Gasteiger partial charge in [-0.2, -0.15) is 0 Å². The highest BCUT2D eigenvalue weighted by molar-refractivity contribution is 8.00. The van der Waals surface area contributed by atoms with Crippen LogP contribution in [0.3, 0.4) is 0 Å². The molecule has 1 atom stereocenters. The largest absolute Gasteiger partial charge is 0.384 e. The Morgan fingerprint density at radius 1 is 1.43 bits per heavy atom. The predicted octanol–water partition coefficient (Wildman–Crippen LogP) is 2.17. The Kier molecular flexibility index (Phi) is 4.79. The second kappa shape index (κ2) is 6.57. The molecule has 2 aromatic heterocycles. The van der Waals surface area contributed by atoms with E-state index in [4.69, 9.17) is 10.3 Å². The van der Waals surface area contributed by atoms with Crippen molar-refractivity contribution in [1.29, 1.82) is 0 Å². The van der Waals surface area contributed by atoms with Crippen LogP contribution in [0, 0.1) is 13.8 Å². The normalized spacial score (nSPS) is 12.1. The molecule has 0 bridgehead atoms. The highest BCUT2D eigenvalue weighted by atomic mass is 32.2. The Bertz CT molecular complexity index is 623. The maximum Gasteiger partial charge on any atom is 0.239 e. The smallest absolute Gasteiger partial charge is 0.239 e. The first-order valence-corrected chi connectivity index (χ1v) is 7.38. The van der Waals surface area contributed by atoms with E-state index in [0.717, 1.165) is 5.69 Å². The van der Waals surface area contributed by atoms with Gasteiger partial charge in [0.2, 0.25) is 5.91 Å². The number of rotatable bonds is 5. The van der Waals surface area contributed by atoms with Crippen LogP contribution in [0.25, 0.3) is 0 Å². The van der Waals surface area contributed by atoms with Crippen LogP contribution in [-0.2, 0) is 4.79 Å². The maximum atomic E-state index is 12.2. The molecule has 0 spiro atoms. The minimum Gasteiger partial charge on any atom is -0.384 e. The minimum absolute atomic E-state index is 0.167. The molecule has 0 radical (unpaired) electrons. The monoisotopic (exact) mass is 307 g/mol. The summed E-state index contributed by atoms with van der Waals surface area (Å²) in [6.07, 6.45) is 0.630. The summed E-state index contributed by atoms with van der Waals surface area (Å²) in [7, 11) is 0. The number of carbonyl (C=O) groups excluding carboxylic acids is 1. The summed E-state index contributed by atoms with van der Waals surface area (Å²) in [5, 5.41) is 6.61. The molecule has 1 amide bonds. The van der Waals surface area contributed by atoms with Gasteiger partial charge < -0.3 is 15.6 Å². The first kappa shape index (κ1) is 15.3. The second-order valence-corrected chi connectivity index (χ2v) is 5.71. The van der Waals surface area contributed by atoms with Gasteiger partial charge in [0.15, 0.2) is 11.0 Å². The van der Waals surface area contributed by atoms with Gasteiger partial charge in [-0.25, -0.2) is 9.97 Å². The summed E-state index contributed by atoms with van der Waals surface area (Å²) in [6.45, 7) is 5.52.